The van der Waals surface area contributed by atoms with Gasteiger partial charge in [0, 0.05) is 24.0 Å². The number of anilines is 2. The summed E-state index contributed by atoms with van der Waals surface area (Å²) in [5.74, 6) is -3.58. The molecule has 15 heteroatoms. The lowest BCUT2D eigenvalue weighted by Gasteiger charge is -2.26. The van der Waals surface area contributed by atoms with Gasteiger partial charge in [-0.3, -0.25) is 14.7 Å². The van der Waals surface area contributed by atoms with E-state index in [-0.39, 0.29) is 53.5 Å². The molecule has 0 spiro atoms. The Hall–Kier alpha value is -2.51. The fourth-order valence-corrected chi connectivity index (χ4v) is 4.39. The summed E-state index contributed by atoms with van der Waals surface area (Å²) in [7, 11) is 0. The van der Waals surface area contributed by atoms with Crippen LogP contribution in [0.4, 0.5) is 19.7 Å². The van der Waals surface area contributed by atoms with Crippen LogP contribution in [0.15, 0.2) is 18.2 Å². The predicted molar refractivity (Wildman–Crippen MR) is 133 cm³/mol. The number of nitrogens with zero attached hydrogens (tertiary/aromatic N) is 3. The van der Waals surface area contributed by atoms with Crippen LogP contribution >= 0.6 is 47.8 Å². The van der Waals surface area contributed by atoms with E-state index in [1.807, 2.05) is 6.92 Å². The predicted octanol–water partition coefficient (Wildman–Crippen LogP) is 3.97. The monoisotopic (exact) mass is 568 g/mol. The second-order valence-corrected chi connectivity index (χ2v) is 8.62. The summed E-state index contributed by atoms with van der Waals surface area (Å²) in [4.78, 5) is 32.4. The van der Waals surface area contributed by atoms with Gasteiger partial charge in [0.1, 0.15) is 5.69 Å². The van der Waals surface area contributed by atoms with Crippen LogP contribution in [0.5, 0.6) is 0 Å². The van der Waals surface area contributed by atoms with E-state index in [1.54, 1.807) is 0 Å². The zero-order chi connectivity index (χ0) is 23.5. The zero-order valence-corrected chi connectivity index (χ0v) is 21.4. The summed E-state index contributed by atoms with van der Waals surface area (Å²) in [6.07, 6.45) is 0. The molecule has 3 heterocycles. The molecule has 0 unspecified atom stereocenters. The van der Waals surface area contributed by atoms with E-state index in [2.05, 4.69) is 30.7 Å². The highest BCUT2D eigenvalue weighted by atomic mass is 35.5. The number of carbonyl (C=O) groups excluding carboxylic acids is 2. The van der Waals surface area contributed by atoms with Gasteiger partial charge in [0.25, 0.3) is 11.8 Å². The van der Waals surface area contributed by atoms with Crippen molar-refractivity contribution in [2.45, 2.75) is 13.5 Å². The Bertz CT molecular complexity index is 1200. The van der Waals surface area contributed by atoms with Crippen LogP contribution in [0.3, 0.4) is 0 Å². The highest BCUT2D eigenvalue weighted by molar-refractivity contribution is 7.15. The number of nitrogens with one attached hydrogen (secondary N) is 3. The molecule has 0 saturated carbocycles. The Labute approximate surface area is 220 Å². The largest absolute Gasteiger partial charge is 0.378 e. The maximum Gasteiger partial charge on any atom is 0.269 e. The lowest BCUT2D eigenvalue weighted by molar-refractivity contribution is 0.0945. The molecule has 1 aliphatic heterocycles. The molecule has 190 valence electrons. The van der Waals surface area contributed by atoms with Crippen molar-refractivity contribution in [2.75, 3.05) is 36.5 Å². The first-order chi connectivity index (χ1) is 15.8. The molecule has 4 rings (SSSR count). The van der Waals surface area contributed by atoms with E-state index in [0.29, 0.717) is 25.3 Å². The average molecular weight is 570 g/mol. The summed E-state index contributed by atoms with van der Waals surface area (Å²) >= 11 is 7.32. The number of aryl methyl sites for hydroxylation is 1. The van der Waals surface area contributed by atoms with Crippen molar-refractivity contribution in [1.29, 1.82) is 0 Å². The smallest absolute Gasteiger partial charge is 0.269 e. The normalized spacial score (nSPS) is 13.0. The van der Waals surface area contributed by atoms with Gasteiger partial charge < -0.3 is 20.3 Å². The first-order valence-electron chi connectivity index (χ1n) is 9.90. The molecule has 3 N–H and O–H groups in total. The number of thiazole rings is 1. The number of carbonyl (C=O) groups is 2. The van der Waals surface area contributed by atoms with Gasteiger partial charge in [0.15, 0.2) is 22.6 Å². The van der Waals surface area contributed by atoms with Crippen LogP contribution in [0.2, 0.25) is 5.02 Å². The number of aromatic amines is 1. The molecule has 0 radical (unpaired) electrons. The van der Waals surface area contributed by atoms with E-state index < -0.39 is 23.4 Å². The van der Waals surface area contributed by atoms with Gasteiger partial charge in [-0.25, -0.2) is 13.8 Å². The van der Waals surface area contributed by atoms with Gasteiger partial charge in [-0.1, -0.05) is 22.9 Å². The molecule has 1 saturated heterocycles. The van der Waals surface area contributed by atoms with E-state index in [0.717, 1.165) is 28.8 Å². The van der Waals surface area contributed by atoms with Gasteiger partial charge in [-0.15, -0.1) is 24.8 Å². The van der Waals surface area contributed by atoms with Crippen molar-refractivity contribution in [2.24, 2.45) is 0 Å². The number of amides is 2. The Morgan fingerprint density at radius 1 is 1.17 bits per heavy atom. The van der Waals surface area contributed by atoms with Crippen LogP contribution < -0.4 is 15.5 Å². The summed E-state index contributed by atoms with van der Waals surface area (Å²) in [6, 6.07) is 2.72. The molecular weight excluding hydrogens is 549 g/mol. The number of aromatic nitrogens is 3. The Kier molecular flexibility index (Phi) is 10.2. The first-order valence-corrected chi connectivity index (χ1v) is 11.1. The minimum absolute atomic E-state index is 0. The zero-order valence-electron chi connectivity index (χ0n) is 18.2. The molecule has 2 aromatic heterocycles. The number of morpholine rings is 1. The van der Waals surface area contributed by atoms with E-state index >= 15 is 0 Å². The SMILES string of the molecule is Cc1nc(N2CCOCC2)sc1CNC(=O)c1cc(NC(=O)c2cc(F)c(F)cc2Cl)n[nH]1.Cl.Cl. The molecule has 1 fully saturated rings. The van der Waals surface area contributed by atoms with Crippen molar-refractivity contribution in [3.8, 4) is 0 Å². The van der Waals surface area contributed by atoms with Gasteiger partial charge in [-0.05, 0) is 19.1 Å². The minimum atomic E-state index is -1.21. The van der Waals surface area contributed by atoms with Gasteiger partial charge in [-0.2, -0.15) is 5.10 Å². The van der Waals surface area contributed by atoms with Gasteiger partial charge in [0.2, 0.25) is 0 Å². The molecule has 1 aromatic carbocycles. The van der Waals surface area contributed by atoms with Crippen LogP contribution in [0, 0.1) is 18.6 Å². The first kappa shape index (κ1) is 28.7. The minimum Gasteiger partial charge on any atom is -0.378 e. The lowest BCUT2D eigenvalue weighted by atomic mass is 10.2. The third-order valence-electron chi connectivity index (χ3n) is 4.89. The Balaban J connectivity index is 0.00000216. The second kappa shape index (κ2) is 12.5. The fourth-order valence-electron chi connectivity index (χ4n) is 3.10. The topological polar surface area (TPSA) is 112 Å². The van der Waals surface area contributed by atoms with Crippen molar-refractivity contribution in [3.63, 3.8) is 0 Å². The third-order valence-corrected chi connectivity index (χ3v) is 6.42. The van der Waals surface area contributed by atoms with E-state index in [9.17, 15) is 18.4 Å². The number of halogens is 5. The molecule has 0 aliphatic carbocycles. The summed E-state index contributed by atoms with van der Waals surface area (Å²) in [5.41, 5.74) is 0.682. The number of hydrogen-bond acceptors (Lipinski definition) is 7. The molecule has 2 amide bonds. The molecule has 0 bridgehead atoms. The molecule has 1 aliphatic rings. The van der Waals surface area contributed by atoms with Crippen LogP contribution in [0.1, 0.15) is 31.4 Å². The van der Waals surface area contributed by atoms with Crippen LogP contribution in [-0.2, 0) is 11.3 Å². The lowest BCUT2D eigenvalue weighted by Crippen LogP contribution is -2.36. The van der Waals surface area contributed by atoms with E-state index in [1.165, 1.54) is 17.4 Å². The molecule has 35 heavy (non-hydrogen) atoms. The highest BCUT2D eigenvalue weighted by Crippen LogP contribution is 2.27. The number of ether oxygens (including phenoxy) is 1. The summed E-state index contributed by atoms with van der Waals surface area (Å²) < 4.78 is 32.0. The van der Waals surface area contributed by atoms with Crippen molar-refractivity contribution in [3.05, 3.63) is 56.7 Å². The molecule has 9 nitrogen and oxygen atoms in total. The maximum absolute atomic E-state index is 13.4. The Morgan fingerprint density at radius 3 is 2.57 bits per heavy atom. The quantitative estimate of drug-likeness (QED) is 0.388. The average Bonchev–Trinajstić information content (AvgIpc) is 3.41. The summed E-state index contributed by atoms with van der Waals surface area (Å²) in [5, 5.41) is 12.2. The van der Waals surface area contributed by atoms with Crippen LogP contribution in [0.25, 0.3) is 0 Å². The van der Waals surface area contributed by atoms with Crippen molar-refractivity contribution < 1.29 is 23.1 Å². The number of hydrogen-bond donors (Lipinski definition) is 3. The summed E-state index contributed by atoms with van der Waals surface area (Å²) in [6.45, 7) is 5.03. The molecule has 3 aromatic rings. The van der Waals surface area contributed by atoms with Crippen molar-refractivity contribution >= 4 is 70.5 Å². The third kappa shape index (κ3) is 6.79. The number of benzene rings is 1. The Morgan fingerprint density at radius 2 is 1.86 bits per heavy atom. The standard InChI is InChI=1S/C20H19ClF2N6O3S.2ClH/c1-10-16(33-20(25-10)29-2-4-32-5-3-29)9-24-19(31)15-8-17(28-27-15)26-18(30)11-6-13(22)14(23)7-12(11)21;;/h6-8H,2-5,9H2,1H3,(H,24,31)(H2,26,27,28,30);2*1H. The van der Waals surface area contributed by atoms with Gasteiger partial charge >= 0.3 is 0 Å². The van der Waals surface area contributed by atoms with Gasteiger partial charge in [0.05, 0.1) is 36.0 Å². The number of H-pyrrole nitrogens is 1. The molecular formula is C20H21Cl3F2N6O3S. The maximum atomic E-state index is 13.4. The fraction of sp³-hybridized carbons (Fsp3) is 0.300. The number of rotatable bonds is 6. The highest BCUT2D eigenvalue weighted by Gasteiger charge is 2.19. The second-order valence-electron chi connectivity index (χ2n) is 7.15. The van der Waals surface area contributed by atoms with Crippen molar-refractivity contribution in [1.82, 2.24) is 20.5 Å². The van der Waals surface area contributed by atoms with E-state index in [4.69, 9.17) is 16.3 Å². The van der Waals surface area contributed by atoms with Crippen LogP contribution in [-0.4, -0.2) is 53.3 Å². The molecule has 0 atom stereocenters.